The van der Waals surface area contributed by atoms with Gasteiger partial charge in [-0.25, -0.2) is 9.97 Å². The molecule has 0 bridgehead atoms. The first-order valence-corrected chi connectivity index (χ1v) is 5.30. The van der Waals surface area contributed by atoms with Gasteiger partial charge in [-0.05, 0) is 31.7 Å². The SMILES string of the molecule is Cc1nccc(N2CCCC(C)C2)n1. The molecule has 0 spiro atoms. The second-order valence-electron chi connectivity index (χ2n) is 4.16. The zero-order valence-electron chi connectivity index (χ0n) is 8.90. The van der Waals surface area contributed by atoms with Gasteiger partial charge in [-0.3, -0.25) is 0 Å². The lowest BCUT2D eigenvalue weighted by Crippen LogP contribution is -2.34. The Balaban J connectivity index is 2.14. The van der Waals surface area contributed by atoms with Crippen molar-refractivity contribution in [3.63, 3.8) is 0 Å². The molecule has 14 heavy (non-hydrogen) atoms. The summed E-state index contributed by atoms with van der Waals surface area (Å²) in [5.74, 6) is 2.74. The first-order valence-electron chi connectivity index (χ1n) is 5.30. The van der Waals surface area contributed by atoms with Gasteiger partial charge in [0.15, 0.2) is 0 Å². The van der Waals surface area contributed by atoms with E-state index in [1.165, 1.54) is 12.8 Å². The van der Waals surface area contributed by atoms with Crippen LogP contribution in [0.15, 0.2) is 12.3 Å². The fourth-order valence-electron chi connectivity index (χ4n) is 2.02. The Hall–Kier alpha value is -1.12. The average molecular weight is 191 g/mol. The molecule has 1 aromatic heterocycles. The molecule has 0 radical (unpaired) electrons. The van der Waals surface area contributed by atoms with Gasteiger partial charge in [-0.1, -0.05) is 6.92 Å². The van der Waals surface area contributed by atoms with E-state index in [0.29, 0.717) is 0 Å². The Labute approximate surface area is 85.2 Å². The van der Waals surface area contributed by atoms with Crippen LogP contribution < -0.4 is 4.90 Å². The lowest BCUT2D eigenvalue weighted by molar-refractivity contribution is 0.444. The summed E-state index contributed by atoms with van der Waals surface area (Å²) >= 11 is 0. The Morgan fingerprint density at radius 3 is 3.07 bits per heavy atom. The smallest absolute Gasteiger partial charge is 0.132 e. The molecule has 76 valence electrons. The van der Waals surface area contributed by atoms with E-state index < -0.39 is 0 Å². The summed E-state index contributed by atoms with van der Waals surface area (Å²) in [7, 11) is 0. The highest BCUT2D eigenvalue weighted by Gasteiger charge is 2.17. The maximum atomic E-state index is 4.45. The van der Waals surface area contributed by atoms with E-state index in [-0.39, 0.29) is 0 Å². The summed E-state index contributed by atoms with van der Waals surface area (Å²) in [5.41, 5.74) is 0. The largest absolute Gasteiger partial charge is 0.356 e. The second-order valence-corrected chi connectivity index (χ2v) is 4.16. The molecule has 1 atom stereocenters. The molecule has 0 aliphatic carbocycles. The van der Waals surface area contributed by atoms with Gasteiger partial charge in [-0.15, -0.1) is 0 Å². The van der Waals surface area contributed by atoms with Crippen molar-refractivity contribution in [2.45, 2.75) is 26.7 Å². The number of aryl methyl sites for hydroxylation is 1. The molecular weight excluding hydrogens is 174 g/mol. The topological polar surface area (TPSA) is 29.0 Å². The first-order chi connectivity index (χ1) is 6.75. The highest BCUT2D eigenvalue weighted by Crippen LogP contribution is 2.20. The molecule has 0 amide bonds. The van der Waals surface area contributed by atoms with Crippen molar-refractivity contribution in [2.75, 3.05) is 18.0 Å². The molecule has 3 nitrogen and oxygen atoms in total. The second kappa shape index (κ2) is 3.95. The van der Waals surface area contributed by atoms with Crippen molar-refractivity contribution in [1.29, 1.82) is 0 Å². The fraction of sp³-hybridized carbons (Fsp3) is 0.636. The van der Waals surface area contributed by atoms with Crippen LogP contribution in [0.1, 0.15) is 25.6 Å². The molecule has 1 unspecified atom stereocenters. The van der Waals surface area contributed by atoms with Gasteiger partial charge < -0.3 is 4.90 Å². The van der Waals surface area contributed by atoms with E-state index in [9.17, 15) is 0 Å². The van der Waals surface area contributed by atoms with Crippen LogP contribution in [-0.2, 0) is 0 Å². The summed E-state index contributed by atoms with van der Waals surface area (Å²) in [6.45, 7) is 6.52. The third-order valence-corrected chi connectivity index (χ3v) is 2.74. The molecule has 0 N–H and O–H groups in total. The van der Waals surface area contributed by atoms with Crippen LogP contribution in [-0.4, -0.2) is 23.1 Å². The zero-order chi connectivity index (χ0) is 9.97. The van der Waals surface area contributed by atoms with Crippen LogP contribution in [0.5, 0.6) is 0 Å². The normalized spacial score (nSPS) is 22.4. The number of hydrogen-bond donors (Lipinski definition) is 0. The van der Waals surface area contributed by atoms with Crippen LogP contribution in [0.4, 0.5) is 5.82 Å². The number of hydrogen-bond acceptors (Lipinski definition) is 3. The Bertz CT molecular complexity index is 311. The summed E-state index contributed by atoms with van der Waals surface area (Å²) in [6, 6.07) is 2.00. The summed E-state index contributed by atoms with van der Waals surface area (Å²) in [6.07, 6.45) is 4.47. The molecule has 1 saturated heterocycles. The van der Waals surface area contributed by atoms with Crippen LogP contribution in [0.2, 0.25) is 0 Å². The van der Waals surface area contributed by atoms with Crippen LogP contribution in [0.3, 0.4) is 0 Å². The van der Waals surface area contributed by atoms with Crippen LogP contribution in [0, 0.1) is 12.8 Å². The zero-order valence-corrected chi connectivity index (χ0v) is 8.90. The van der Waals surface area contributed by atoms with E-state index in [0.717, 1.165) is 30.6 Å². The molecular formula is C11H17N3. The third kappa shape index (κ3) is 2.03. The van der Waals surface area contributed by atoms with E-state index >= 15 is 0 Å². The van der Waals surface area contributed by atoms with Crippen molar-refractivity contribution in [3.8, 4) is 0 Å². The Morgan fingerprint density at radius 2 is 2.36 bits per heavy atom. The minimum atomic E-state index is 0.791. The van der Waals surface area contributed by atoms with Crippen molar-refractivity contribution in [1.82, 2.24) is 9.97 Å². The van der Waals surface area contributed by atoms with E-state index in [1.54, 1.807) is 0 Å². The molecule has 1 fully saturated rings. The fourth-order valence-corrected chi connectivity index (χ4v) is 2.02. The van der Waals surface area contributed by atoms with Gasteiger partial charge >= 0.3 is 0 Å². The molecule has 2 heterocycles. The predicted octanol–water partition coefficient (Wildman–Crippen LogP) is 2.02. The summed E-state index contributed by atoms with van der Waals surface area (Å²) in [5, 5.41) is 0. The van der Waals surface area contributed by atoms with Crippen molar-refractivity contribution < 1.29 is 0 Å². The van der Waals surface area contributed by atoms with Crippen molar-refractivity contribution >= 4 is 5.82 Å². The number of nitrogens with zero attached hydrogens (tertiary/aromatic N) is 3. The van der Waals surface area contributed by atoms with Gasteiger partial charge in [0.25, 0.3) is 0 Å². The van der Waals surface area contributed by atoms with Crippen molar-refractivity contribution in [3.05, 3.63) is 18.1 Å². The molecule has 3 heteroatoms. The summed E-state index contributed by atoms with van der Waals surface area (Å²) < 4.78 is 0. The number of aromatic nitrogens is 2. The summed E-state index contributed by atoms with van der Waals surface area (Å²) in [4.78, 5) is 10.9. The van der Waals surface area contributed by atoms with Crippen LogP contribution >= 0.6 is 0 Å². The monoisotopic (exact) mass is 191 g/mol. The highest BCUT2D eigenvalue weighted by atomic mass is 15.2. The minimum absolute atomic E-state index is 0.791. The Morgan fingerprint density at radius 1 is 1.50 bits per heavy atom. The quantitative estimate of drug-likeness (QED) is 0.680. The predicted molar refractivity (Wildman–Crippen MR) is 57.4 cm³/mol. The molecule has 2 rings (SSSR count). The molecule has 1 aliphatic rings. The number of anilines is 1. The van der Waals surface area contributed by atoms with Gasteiger partial charge in [0, 0.05) is 19.3 Å². The highest BCUT2D eigenvalue weighted by molar-refractivity contribution is 5.37. The Kier molecular flexibility index (Phi) is 2.66. The van der Waals surface area contributed by atoms with Gasteiger partial charge in [0.05, 0.1) is 0 Å². The average Bonchev–Trinajstić information content (AvgIpc) is 2.18. The van der Waals surface area contributed by atoms with E-state index in [4.69, 9.17) is 0 Å². The molecule has 0 saturated carbocycles. The lowest BCUT2D eigenvalue weighted by Gasteiger charge is -2.31. The van der Waals surface area contributed by atoms with E-state index in [2.05, 4.69) is 21.8 Å². The maximum absolute atomic E-state index is 4.45. The number of rotatable bonds is 1. The molecule has 1 aromatic rings. The van der Waals surface area contributed by atoms with Gasteiger partial charge in [-0.2, -0.15) is 0 Å². The van der Waals surface area contributed by atoms with Crippen molar-refractivity contribution in [2.24, 2.45) is 5.92 Å². The maximum Gasteiger partial charge on any atom is 0.132 e. The van der Waals surface area contributed by atoms with E-state index in [1.807, 2.05) is 19.2 Å². The van der Waals surface area contributed by atoms with Gasteiger partial charge in [0.2, 0.25) is 0 Å². The lowest BCUT2D eigenvalue weighted by atomic mass is 10.0. The third-order valence-electron chi connectivity index (χ3n) is 2.74. The molecule has 1 aliphatic heterocycles. The minimum Gasteiger partial charge on any atom is -0.356 e. The van der Waals surface area contributed by atoms with Gasteiger partial charge in [0.1, 0.15) is 11.6 Å². The van der Waals surface area contributed by atoms with Crippen LogP contribution in [0.25, 0.3) is 0 Å². The number of piperidine rings is 1. The standard InChI is InChI=1S/C11H17N3/c1-9-4-3-7-14(8-9)11-5-6-12-10(2)13-11/h5-6,9H,3-4,7-8H2,1-2H3. The molecule has 0 aromatic carbocycles. The first kappa shape index (κ1) is 9.44.